The van der Waals surface area contributed by atoms with E-state index in [2.05, 4.69) is 34.5 Å². The molecule has 2 heterocycles. The number of halogens is 2. The lowest BCUT2D eigenvalue weighted by Gasteiger charge is -2.40. The molecule has 188 valence electrons. The van der Waals surface area contributed by atoms with Gasteiger partial charge in [-0.15, -0.1) is 11.8 Å². The van der Waals surface area contributed by atoms with Gasteiger partial charge in [-0.25, -0.2) is 0 Å². The topological polar surface area (TPSA) is 54.3 Å². The number of carbonyl (C=O) groups excluding carboxylic acids is 1. The molecule has 6 rings (SSSR count). The van der Waals surface area contributed by atoms with Gasteiger partial charge >= 0.3 is 4.87 Å². The summed E-state index contributed by atoms with van der Waals surface area (Å²) in [7, 11) is 4.09. The first-order valence-corrected chi connectivity index (χ1v) is 14.7. The predicted molar refractivity (Wildman–Crippen MR) is 150 cm³/mol. The quantitative estimate of drug-likeness (QED) is 0.384. The second kappa shape index (κ2) is 9.43. The lowest BCUT2D eigenvalue weighted by Crippen LogP contribution is -2.34. The molecule has 5 nitrogen and oxygen atoms in total. The van der Waals surface area contributed by atoms with Crippen molar-refractivity contribution < 1.29 is 4.79 Å². The maximum Gasteiger partial charge on any atom is 0.308 e. The molecule has 2 aliphatic carbocycles. The summed E-state index contributed by atoms with van der Waals surface area (Å²) in [5.74, 6) is 1.90. The highest BCUT2D eigenvalue weighted by Gasteiger charge is 2.55. The Kier molecular flexibility index (Phi) is 6.39. The summed E-state index contributed by atoms with van der Waals surface area (Å²) in [6, 6.07) is 13.8. The average molecular weight is 561 g/mol. The van der Waals surface area contributed by atoms with Crippen molar-refractivity contribution in [1.29, 1.82) is 0 Å². The van der Waals surface area contributed by atoms with E-state index in [1.54, 1.807) is 22.8 Å². The summed E-state index contributed by atoms with van der Waals surface area (Å²) >= 11 is 15.3. The van der Waals surface area contributed by atoms with Gasteiger partial charge in [0.05, 0.1) is 15.1 Å². The summed E-state index contributed by atoms with van der Waals surface area (Å²) in [6.45, 7) is -0.0182. The highest BCUT2D eigenvalue weighted by molar-refractivity contribution is 8.00. The number of benzene rings is 2. The number of rotatable bonds is 5. The fourth-order valence-corrected chi connectivity index (χ4v) is 9.81. The van der Waals surface area contributed by atoms with Crippen LogP contribution in [0.2, 0.25) is 10.0 Å². The molecule has 0 saturated heterocycles. The van der Waals surface area contributed by atoms with Crippen molar-refractivity contribution in [3.8, 4) is 0 Å². The first-order valence-electron chi connectivity index (χ1n) is 12.2. The van der Waals surface area contributed by atoms with E-state index in [9.17, 15) is 9.59 Å². The van der Waals surface area contributed by atoms with Crippen molar-refractivity contribution in [2.45, 2.75) is 42.0 Å². The molecule has 2 aromatic carbocycles. The molecule has 3 aliphatic rings. The van der Waals surface area contributed by atoms with E-state index in [-0.39, 0.29) is 23.2 Å². The molecule has 3 aromatic rings. The molecule has 2 fully saturated rings. The van der Waals surface area contributed by atoms with E-state index in [0.717, 1.165) is 9.90 Å². The van der Waals surface area contributed by atoms with Gasteiger partial charge in [0.25, 0.3) is 0 Å². The van der Waals surface area contributed by atoms with E-state index in [1.165, 1.54) is 41.9 Å². The molecule has 4 unspecified atom stereocenters. The van der Waals surface area contributed by atoms with Crippen molar-refractivity contribution in [2.75, 3.05) is 24.3 Å². The maximum absolute atomic E-state index is 13.3. The lowest BCUT2D eigenvalue weighted by molar-refractivity contribution is -0.116. The smallest absolute Gasteiger partial charge is 0.308 e. The molecule has 1 amide bonds. The second-order valence-electron chi connectivity index (χ2n) is 10.3. The Balaban J connectivity index is 1.35. The fourth-order valence-electron chi connectivity index (χ4n) is 6.36. The zero-order valence-corrected chi connectivity index (χ0v) is 23.2. The molecule has 1 aliphatic heterocycles. The van der Waals surface area contributed by atoms with Gasteiger partial charge in [-0.2, -0.15) is 0 Å². The molecular formula is C27H27Cl2N3O2S2. The number of amides is 1. The predicted octanol–water partition coefficient (Wildman–Crippen LogP) is 6.57. The summed E-state index contributed by atoms with van der Waals surface area (Å²) in [6.07, 6.45) is 3.84. The van der Waals surface area contributed by atoms with Crippen LogP contribution < -0.4 is 15.1 Å². The molecule has 1 N–H and O–H groups in total. The van der Waals surface area contributed by atoms with Gasteiger partial charge in [0.1, 0.15) is 6.54 Å². The minimum Gasteiger partial charge on any atom is -0.378 e. The van der Waals surface area contributed by atoms with E-state index < -0.39 is 0 Å². The van der Waals surface area contributed by atoms with Crippen LogP contribution in [0, 0.1) is 17.8 Å². The van der Waals surface area contributed by atoms with Crippen LogP contribution in [-0.2, 0) is 11.3 Å². The molecule has 36 heavy (non-hydrogen) atoms. The number of anilines is 2. The third-order valence-corrected chi connectivity index (χ3v) is 11.5. The van der Waals surface area contributed by atoms with Crippen LogP contribution in [0.4, 0.5) is 11.4 Å². The van der Waals surface area contributed by atoms with Crippen molar-refractivity contribution in [1.82, 2.24) is 4.57 Å². The number of hydrogen-bond donors (Lipinski definition) is 1. The Labute approximate surface area is 228 Å². The lowest BCUT2D eigenvalue weighted by atomic mass is 9.75. The van der Waals surface area contributed by atoms with E-state index in [0.29, 0.717) is 38.7 Å². The first-order chi connectivity index (χ1) is 17.3. The van der Waals surface area contributed by atoms with Crippen molar-refractivity contribution in [3.63, 3.8) is 0 Å². The standard InChI is InChI=1S/C27H27Cl2N3O2S2/c1-31(2)18-8-5-14(6-9-18)22-23-15-3-4-16(11-15)24(23)35-26-25(22)36-27(34)32(26)13-21(33)30-17-7-10-19(28)20(29)12-17/h5-10,12,15-16,22-24H,3-4,11,13H2,1-2H3,(H,30,33)/t15?,16?,22-,23?,24?/m1/s1. The fraction of sp³-hybridized carbons (Fsp3) is 0.407. The van der Waals surface area contributed by atoms with Gasteiger partial charge in [0.15, 0.2) is 0 Å². The molecule has 5 atom stereocenters. The largest absolute Gasteiger partial charge is 0.378 e. The minimum absolute atomic E-state index is 0.0182. The van der Waals surface area contributed by atoms with Gasteiger partial charge in [0.2, 0.25) is 5.91 Å². The third-order valence-electron chi connectivity index (χ3n) is 7.96. The number of aromatic nitrogens is 1. The van der Waals surface area contributed by atoms with Crippen molar-refractivity contribution >= 4 is 63.6 Å². The highest BCUT2D eigenvalue weighted by atomic mass is 35.5. The summed E-state index contributed by atoms with van der Waals surface area (Å²) in [4.78, 5) is 29.4. The monoisotopic (exact) mass is 559 g/mol. The van der Waals surface area contributed by atoms with Crippen LogP contribution in [0.3, 0.4) is 0 Å². The SMILES string of the molecule is CN(C)c1ccc([C@H]2c3sc(=O)n(CC(=O)Nc4ccc(Cl)c(Cl)c4)c3SC3C4CCC(C4)C32)cc1. The van der Waals surface area contributed by atoms with Gasteiger partial charge in [-0.05, 0) is 72.9 Å². The molecular weight excluding hydrogens is 533 g/mol. The Morgan fingerprint density at radius 3 is 2.56 bits per heavy atom. The Bertz CT molecular complexity index is 1380. The van der Waals surface area contributed by atoms with Gasteiger partial charge < -0.3 is 10.2 Å². The van der Waals surface area contributed by atoms with Crippen molar-refractivity contribution in [3.05, 3.63) is 72.6 Å². The van der Waals surface area contributed by atoms with E-state index in [4.69, 9.17) is 23.2 Å². The van der Waals surface area contributed by atoms with Gasteiger partial charge in [-0.1, -0.05) is 46.7 Å². The number of carbonyl (C=O) groups is 1. The zero-order valence-electron chi connectivity index (χ0n) is 20.0. The third kappa shape index (κ3) is 4.18. The molecule has 1 aromatic heterocycles. The van der Waals surface area contributed by atoms with Crippen LogP contribution in [0.15, 0.2) is 52.3 Å². The Morgan fingerprint density at radius 2 is 1.83 bits per heavy atom. The average Bonchev–Trinajstić information content (AvgIpc) is 3.54. The van der Waals surface area contributed by atoms with Gasteiger partial charge in [0, 0.05) is 41.5 Å². The molecule has 2 bridgehead atoms. The Hall–Kier alpha value is -1.93. The normalized spacial score (nSPS) is 25.9. The summed E-state index contributed by atoms with van der Waals surface area (Å²) < 4.78 is 1.68. The number of fused-ring (bicyclic) bond motifs is 6. The molecule has 0 radical (unpaired) electrons. The van der Waals surface area contributed by atoms with Crippen molar-refractivity contribution in [2.24, 2.45) is 17.8 Å². The van der Waals surface area contributed by atoms with Crippen LogP contribution in [0.5, 0.6) is 0 Å². The summed E-state index contributed by atoms with van der Waals surface area (Å²) in [5.41, 5.74) is 3.00. The van der Waals surface area contributed by atoms with Crippen LogP contribution in [0.1, 0.15) is 35.6 Å². The number of thioether (sulfide) groups is 1. The van der Waals surface area contributed by atoms with Gasteiger partial charge in [-0.3, -0.25) is 14.2 Å². The highest BCUT2D eigenvalue weighted by Crippen LogP contribution is 2.64. The second-order valence-corrected chi connectivity index (χ2v) is 13.2. The summed E-state index contributed by atoms with van der Waals surface area (Å²) in [5, 5.41) is 5.14. The van der Waals surface area contributed by atoms with Crippen LogP contribution in [0.25, 0.3) is 0 Å². The van der Waals surface area contributed by atoms with E-state index in [1.807, 2.05) is 25.9 Å². The number of nitrogens with one attached hydrogen (secondary N) is 1. The number of nitrogens with zero attached hydrogens (tertiary/aromatic N) is 2. The van der Waals surface area contributed by atoms with E-state index >= 15 is 0 Å². The van der Waals surface area contributed by atoms with Crippen LogP contribution >= 0.6 is 46.3 Å². The zero-order chi connectivity index (χ0) is 25.1. The first kappa shape index (κ1) is 24.4. The molecule has 2 saturated carbocycles. The Morgan fingerprint density at radius 1 is 1.08 bits per heavy atom. The minimum atomic E-state index is -0.251. The molecule has 9 heteroatoms. The van der Waals surface area contributed by atoms with Crippen LogP contribution in [-0.4, -0.2) is 29.8 Å². The maximum atomic E-state index is 13.3. The number of hydrogen-bond acceptors (Lipinski definition) is 5. The number of thiazole rings is 1. The molecule has 0 spiro atoms.